The average Bonchev–Trinajstić information content (AvgIpc) is 2.31. The first-order valence-electron chi connectivity index (χ1n) is 5.12. The highest BCUT2D eigenvalue weighted by atomic mass is 79.9. The molecule has 0 aromatic heterocycles. The van der Waals surface area contributed by atoms with Crippen LogP contribution < -0.4 is 5.73 Å². The molecule has 1 rings (SSSR count). The molecule has 0 bridgehead atoms. The monoisotopic (exact) mass is 312 g/mol. The van der Waals surface area contributed by atoms with Gasteiger partial charge in [-0.25, -0.2) is 0 Å². The van der Waals surface area contributed by atoms with Crippen LogP contribution in [0.3, 0.4) is 0 Å². The second-order valence-corrected chi connectivity index (χ2v) is 4.46. The standard InChI is InChI=1S/C12H13BrN2O3/c1-2-5-15(7-11(16)17)12(18)8-3-4-10(14)9(13)6-8/h2-4,6H,1,5,7,14H2,(H,16,17). The molecule has 96 valence electrons. The van der Waals surface area contributed by atoms with Crippen LogP contribution in [-0.4, -0.2) is 35.0 Å². The smallest absolute Gasteiger partial charge is 0.323 e. The molecule has 6 heteroatoms. The van der Waals surface area contributed by atoms with Crippen molar-refractivity contribution in [3.8, 4) is 0 Å². The number of carboxylic acid groups (broad SMARTS) is 1. The second-order valence-electron chi connectivity index (χ2n) is 3.60. The van der Waals surface area contributed by atoms with Crippen LogP contribution >= 0.6 is 15.9 Å². The first-order valence-corrected chi connectivity index (χ1v) is 5.92. The Labute approximate surface area is 113 Å². The minimum atomic E-state index is -1.07. The zero-order valence-corrected chi connectivity index (χ0v) is 11.2. The molecule has 0 heterocycles. The summed E-state index contributed by atoms with van der Waals surface area (Å²) in [6.07, 6.45) is 1.48. The number of nitrogens with zero attached hydrogens (tertiary/aromatic N) is 1. The number of carboxylic acids is 1. The number of carbonyl (C=O) groups is 2. The topological polar surface area (TPSA) is 83.6 Å². The normalized spacial score (nSPS) is 9.83. The molecule has 1 aromatic carbocycles. The van der Waals surface area contributed by atoms with Crippen molar-refractivity contribution in [3.63, 3.8) is 0 Å². The van der Waals surface area contributed by atoms with Gasteiger partial charge in [-0.1, -0.05) is 6.08 Å². The number of anilines is 1. The van der Waals surface area contributed by atoms with E-state index >= 15 is 0 Å². The van der Waals surface area contributed by atoms with Gasteiger partial charge in [0.25, 0.3) is 5.91 Å². The minimum absolute atomic E-state index is 0.174. The summed E-state index contributed by atoms with van der Waals surface area (Å²) in [6.45, 7) is 3.30. The van der Waals surface area contributed by atoms with E-state index < -0.39 is 5.97 Å². The molecule has 1 aromatic rings. The van der Waals surface area contributed by atoms with Crippen LogP contribution in [0.5, 0.6) is 0 Å². The molecule has 0 aliphatic rings. The number of aliphatic carboxylic acids is 1. The van der Waals surface area contributed by atoms with E-state index in [0.717, 1.165) is 0 Å². The van der Waals surface area contributed by atoms with Crippen molar-refractivity contribution in [2.75, 3.05) is 18.8 Å². The van der Waals surface area contributed by atoms with Crippen LogP contribution in [0.4, 0.5) is 5.69 Å². The quantitative estimate of drug-likeness (QED) is 0.641. The average molecular weight is 313 g/mol. The van der Waals surface area contributed by atoms with Crippen molar-refractivity contribution < 1.29 is 14.7 Å². The molecule has 0 saturated heterocycles. The van der Waals surface area contributed by atoms with Crippen LogP contribution in [0.1, 0.15) is 10.4 Å². The third kappa shape index (κ3) is 3.59. The fraction of sp³-hybridized carbons (Fsp3) is 0.167. The van der Waals surface area contributed by atoms with E-state index in [1.54, 1.807) is 18.2 Å². The SMILES string of the molecule is C=CCN(CC(=O)O)C(=O)c1ccc(N)c(Br)c1. The predicted molar refractivity (Wildman–Crippen MR) is 72.3 cm³/mol. The maximum atomic E-state index is 12.1. The molecule has 5 nitrogen and oxygen atoms in total. The number of benzene rings is 1. The molecule has 0 radical (unpaired) electrons. The molecule has 1 amide bonds. The summed E-state index contributed by atoms with van der Waals surface area (Å²) in [7, 11) is 0. The Morgan fingerprint density at radius 2 is 2.17 bits per heavy atom. The van der Waals surface area contributed by atoms with Crippen LogP contribution in [0.15, 0.2) is 35.3 Å². The molecule has 0 atom stereocenters. The molecule has 0 aliphatic heterocycles. The molecular formula is C12H13BrN2O3. The lowest BCUT2D eigenvalue weighted by molar-refractivity contribution is -0.137. The van der Waals surface area contributed by atoms with E-state index in [9.17, 15) is 9.59 Å². The molecule has 0 saturated carbocycles. The van der Waals surface area contributed by atoms with Crippen LogP contribution in [-0.2, 0) is 4.79 Å². The highest BCUT2D eigenvalue weighted by Crippen LogP contribution is 2.21. The van der Waals surface area contributed by atoms with Gasteiger partial charge in [-0.2, -0.15) is 0 Å². The number of carbonyl (C=O) groups excluding carboxylic acids is 1. The lowest BCUT2D eigenvalue weighted by atomic mass is 10.2. The van der Waals surface area contributed by atoms with Crippen molar-refractivity contribution in [3.05, 3.63) is 40.9 Å². The molecule has 0 unspecified atom stereocenters. The number of rotatable bonds is 5. The van der Waals surface area contributed by atoms with Crippen molar-refractivity contribution >= 4 is 33.5 Å². The molecule has 0 aliphatic carbocycles. The Morgan fingerprint density at radius 1 is 1.50 bits per heavy atom. The van der Waals surface area contributed by atoms with E-state index in [-0.39, 0.29) is 19.0 Å². The number of nitrogen functional groups attached to an aromatic ring is 1. The van der Waals surface area contributed by atoms with Gasteiger partial charge in [0.05, 0.1) is 0 Å². The van der Waals surface area contributed by atoms with Crippen LogP contribution in [0, 0.1) is 0 Å². The molecule has 18 heavy (non-hydrogen) atoms. The number of hydrogen-bond acceptors (Lipinski definition) is 3. The van der Waals surface area contributed by atoms with Gasteiger partial charge < -0.3 is 15.7 Å². The second kappa shape index (κ2) is 6.20. The van der Waals surface area contributed by atoms with Crippen molar-refractivity contribution in [1.82, 2.24) is 4.90 Å². The van der Waals surface area contributed by atoms with Crippen molar-refractivity contribution in [2.45, 2.75) is 0 Å². The van der Waals surface area contributed by atoms with E-state index in [1.807, 2.05) is 0 Å². The van der Waals surface area contributed by atoms with Gasteiger partial charge in [-0.15, -0.1) is 6.58 Å². The molecule has 0 fully saturated rings. The minimum Gasteiger partial charge on any atom is -0.480 e. The molecule has 3 N–H and O–H groups in total. The Bertz CT molecular complexity index is 488. The summed E-state index contributed by atoms with van der Waals surface area (Å²) >= 11 is 3.22. The lowest BCUT2D eigenvalue weighted by Gasteiger charge is -2.19. The maximum Gasteiger partial charge on any atom is 0.323 e. The first-order chi connectivity index (χ1) is 8.45. The van der Waals surface area contributed by atoms with Gasteiger partial charge in [0.1, 0.15) is 6.54 Å². The Hall–Kier alpha value is -1.82. The first kappa shape index (κ1) is 14.2. The number of halogens is 1. The van der Waals surface area contributed by atoms with E-state index in [4.69, 9.17) is 10.8 Å². The van der Waals surface area contributed by atoms with Gasteiger partial charge >= 0.3 is 5.97 Å². The highest BCUT2D eigenvalue weighted by Gasteiger charge is 2.17. The van der Waals surface area contributed by atoms with Crippen LogP contribution in [0.2, 0.25) is 0 Å². The lowest BCUT2D eigenvalue weighted by Crippen LogP contribution is -2.35. The number of hydrogen-bond donors (Lipinski definition) is 2. The Balaban J connectivity index is 2.97. The maximum absolute atomic E-state index is 12.1. The highest BCUT2D eigenvalue weighted by molar-refractivity contribution is 9.10. The van der Waals surface area contributed by atoms with Gasteiger partial charge in [-0.05, 0) is 34.1 Å². The van der Waals surface area contributed by atoms with E-state index in [0.29, 0.717) is 15.7 Å². The van der Waals surface area contributed by atoms with Gasteiger partial charge in [0.15, 0.2) is 0 Å². The molecular weight excluding hydrogens is 300 g/mol. The zero-order chi connectivity index (χ0) is 13.7. The third-order valence-corrected chi connectivity index (χ3v) is 2.90. The largest absolute Gasteiger partial charge is 0.480 e. The fourth-order valence-corrected chi connectivity index (χ4v) is 1.76. The molecule has 0 spiro atoms. The summed E-state index contributed by atoms with van der Waals surface area (Å²) in [4.78, 5) is 24.0. The summed E-state index contributed by atoms with van der Waals surface area (Å²) < 4.78 is 0.599. The van der Waals surface area contributed by atoms with Gasteiger partial charge in [-0.3, -0.25) is 9.59 Å². The summed E-state index contributed by atoms with van der Waals surface area (Å²) in [5, 5.41) is 8.75. The summed E-state index contributed by atoms with van der Waals surface area (Å²) in [6, 6.07) is 4.71. The predicted octanol–water partition coefficient (Wildman–Crippen LogP) is 1.74. The zero-order valence-electron chi connectivity index (χ0n) is 9.60. The van der Waals surface area contributed by atoms with Gasteiger partial charge in [0.2, 0.25) is 0 Å². The summed E-state index contributed by atoms with van der Waals surface area (Å²) in [5.41, 5.74) is 6.51. The number of amides is 1. The van der Waals surface area contributed by atoms with Crippen molar-refractivity contribution in [1.29, 1.82) is 0 Å². The van der Waals surface area contributed by atoms with Gasteiger partial charge in [0, 0.05) is 22.3 Å². The summed E-state index contributed by atoms with van der Waals surface area (Å²) in [5.74, 6) is -1.45. The Morgan fingerprint density at radius 3 is 2.67 bits per heavy atom. The van der Waals surface area contributed by atoms with E-state index in [2.05, 4.69) is 22.5 Å². The van der Waals surface area contributed by atoms with Crippen molar-refractivity contribution in [2.24, 2.45) is 0 Å². The van der Waals surface area contributed by atoms with Crippen LogP contribution in [0.25, 0.3) is 0 Å². The van der Waals surface area contributed by atoms with E-state index in [1.165, 1.54) is 11.0 Å². The fourth-order valence-electron chi connectivity index (χ4n) is 1.38. The third-order valence-electron chi connectivity index (χ3n) is 2.21. The number of nitrogens with two attached hydrogens (primary N) is 1. The Kier molecular flexibility index (Phi) is 4.91.